The fourth-order valence-electron chi connectivity index (χ4n) is 2.72. The van der Waals surface area contributed by atoms with E-state index in [0.29, 0.717) is 24.9 Å². The molecule has 23 heavy (non-hydrogen) atoms. The first-order valence-electron chi connectivity index (χ1n) is 7.88. The van der Waals surface area contributed by atoms with E-state index in [1.54, 1.807) is 17.3 Å². The SMILES string of the molecule is c1ccc(OCc2ncn(Cc3conc3C3CCC3)n2)cc1. The van der Waals surface area contributed by atoms with Crippen molar-refractivity contribution in [2.24, 2.45) is 0 Å². The van der Waals surface area contributed by atoms with Gasteiger partial charge in [0, 0.05) is 11.5 Å². The van der Waals surface area contributed by atoms with Crippen molar-refractivity contribution in [3.05, 3.63) is 60.0 Å². The van der Waals surface area contributed by atoms with Gasteiger partial charge in [0.2, 0.25) is 0 Å². The Morgan fingerprint density at radius 1 is 1.22 bits per heavy atom. The second kappa shape index (κ2) is 6.24. The van der Waals surface area contributed by atoms with Crippen LogP contribution in [0.25, 0.3) is 0 Å². The first-order chi connectivity index (χ1) is 11.4. The Morgan fingerprint density at radius 2 is 2.09 bits per heavy atom. The summed E-state index contributed by atoms with van der Waals surface area (Å²) >= 11 is 0. The minimum Gasteiger partial charge on any atom is -0.486 e. The molecular formula is C17H18N4O2. The highest BCUT2D eigenvalue weighted by atomic mass is 16.5. The Bertz CT molecular complexity index is 762. The largest absolute Gasteiger partial charge is 0.486 e. The van der Waals surface area contributed by atoms with Crippen LogP contribution >= 0.6 is 0 Å². The molecule has 0 bridgehead atoms. The first-order valence-corrected chi connectivity index (χ1v) is 7.88. The summed E-state index contributed by atoms with van der Waals surface area (Å²) < 4.78 is 12.6. The molecule has 6 nitrogen and oxygen atoms in total. The van der Waals surface area contributed by atoms with Crippen LogP contribution in [-0.2, 0) is 13.2 Å². The molecule has 3 aromatic rings. The molecule has 1 fully saturated rings. The normalized spacial score (nSPS) is 14.6. The zero-order valence-electron chi connectivity index (χ0n) is 12.8. The molecule has 118 valence electrons. The van der Waals surface area contributed by atoms with Gasteiger partial charge in [-0.25, -0.2) is 9.67 Å². The first kappa shape index (κ1) is 14.0. The van der Waals surface area contributed by atoms with Gasteiger partial charge in [0.05, 0.1) is 12.2 Å². The van der Waals surface area contributed by atoms with Crippen LogP contribution in [-0.4, -0.2) is 19.9 Å². The number of para-hydroxylation sites is 1. The van der Waals surface area contributed by atoms with Crippen molar-refractivity contribution >= 4 is 0 Å². The lowest BCUT2D eigenvalue weighted by Gasteiger charge is -2.23. The van der Waals surface area contributed by atoms with Gasteiger partial charge in [-0.05, 0) is 25.0 Å². The molecule has 4 rings (SSSR count). The number of nitrogens with zero attached hydrogens (tertiary/aromatic N) is 4. The Morgan fingerprint density at radius 3 is 2.87 bits per heavy atom. The Hall–Kier alpha value is -2.63. The van der Waals surface area contributed by atoms with Gasteiger partial charge in [0.1, 0.15) is 24.9 Å². The van der Waals surface area contributed by atoms with Crippen LogP contribution in [0.5, 0.6) is 5.75 Å². The zero-order chi connectivity index (χ0) is 15.5. The van der Waals surface area contributed by atoms with E-state index < -0.39 is 0 Å². The number of ether oxygens (including phenoxy) is 1. The van der Waals surface area contributed by atoms with Crippen molar-refractivity contribution in [1.29, 1.82) is 0 Å². The zero-order valence-corrected chi connectivity index (χ0v) is 12.8. The summed E-state index contributed by atoms with van der Waals surface area (Å²) in [5.41, 5.74) is 2.17. The number of rotatable bonds is 6. The maximum Gasteiger partial charge on any atom is 0.188 e. The molecule has 1 aromatic carbocycles. The van der Waals surface area contributed by atoms with E-state index in [1.165, 1.54) is 19.3 Å². The average molecular weight is 310 g/mol. The van der Waals surface area contributed by atoms with Gasteiger partial charge >= 0.3 is 0 Å². The van der Waals surface area contributed by atoms with Crippen molar-refractivity contribution in [3.63, 3.8) is 0 Å². The van der Waals surface area contributed by atoms with E-state index in [-0.39, 0.29) is 0 Å². The number of aromatic nitrogens is 4. The standard InChI is InChI=1S/C17H18N4O2/c1-2-7-15(8-3-1)22-11-16-18-12-21(19-16)9-14-10-23-20-17(14)13-5-4-6-13/h1-3,7-8,10,12-13H,4-6,9,11H2. The molecular weight excluding hydrogens is 292 g/mol. The maximum atomic E-state index is 5.66. The van der Waals surface area contributed by atoms with Crippen LogP contribution in [0.4, 0.5) is 0 Å². The molecule has 0 aliphatic heterocycles. The average Bonchev–Trinajstić information content (AvgIpc) is 3.15. The molecule has 0 radical (unpaired) electrons. The smallest absolute Gasteiger partial charge is 0.188 e. The van der Waals surface area contributed by atoms with Gasteiger partial charge < -0.3 is 9.26 Å². The van der Waals surface area contributed by atoms with Crippen molar-refractivity contribution in [3.8, 4) is 5.75 Å². The molecule has 0 unspecified atom stereocenters. The van der Waals surface area contributed by atoms with Crippen LogP contribution in [0, 0.1) is 0 Å². The third kappa shape index (κ3) is 3.11. The highest BCUT2D eigenvalue weighted by molar-refractivity contribution is 5.22. The van der Waals surface area contributed by atoms with Crippen LogP contribution in [0.1, 0.15) is 42.3 Å². The molecule has 2 aromatic heterocycles. The molecule has 0 atom stereocenters. The molecule has 0 saturated heterocycles. The summed E-state index contributed by atoms with van der Waals surface area (Å²) in [5, 5.41) is 8.61. The van der Waals surface area contributed by atoms with E-state index in [9.17, 15) is 0 Å². The lowest BCUT2D eigenvalue weighted by Crippen LogP contribution is -2.12. The molecule has 2 heterocycles. The summed E-state index contributed by atoms with van der Waals surface area (Å²) in [4.78, 5) is 4.30. The number of hydrogen-bond acceptors (Lipinski definition) is 5. The quantitative estimate of drug-likeness (QED) is 0.699. The highest BCUT2D eigenvalue weighted by Gasteiger charge is 2.25. The van der Waals surface area contributed by atoms with E-state index in [0.717, 1.165) is 17.0 Å². The predicted octanol–water partition coefficient (Wildman–Crippen LogP) is 3.16. The topological polar surface area (TPSA) is 66.0 Å². The van der Waals surface area contributed by atoms with Crippen molar-refractivity contribution in [1.82, 2.24) is 19.9 Å². The van der Waals surface area contributed by atoms with Gasteiger partial charge in [0.25, 0.3) is 0 Å². The fraction of sp³-hybridized carbons (Fsp3) is 0.353. The minimum atomic E-state index is 0.357. The van der Waals surface area contributed by atoms with Crippen LogP contribution in [0.2, 0.25) is 0 Å². The van der Waals surface area contributed by atoms with E-state index in [4.69, 9.17) is 9.26 Å². The summed E-state index contributed by atoms with van der Waals surface area (Å²) in [6.45, 7) is 0.990. The van der Waals surface area contributed by atoms with Gasteiger partial charge in [0.15, 0.2) is 5.82 Å². The third-order valence-electron chi connectivity index (χ3n) is 4.19. The third-order valence-corrected chi connectivity index (χ3v) is 4.19. The highest BCUT2D eigenvalue weighted by Crippen LogP contribution is 2.37. The second-order valence-corrected chi connectivity index (χ2v) is 5.81. The van der Waals surface area contributed by atoms with Crippen LogP contribution in [0.15, 0.2) is 47.4 Å². The van der Waals surface area contributed by atoms with E-state index in [2.05, 4.69) is 15.2 Å². The summed E-state index contributed by atoms with van der Waals surface area (Å²) in [6.07, 6.45) is 7.12. The lowest BCUT2D eigenvalue weighted by molar-refractivity contribution is 0.295. The number of hydrogen-bond donors (Lipinski definition) is 0. The molecule has 0 spiro atoms. The molecule has 1 saturated carbocycles. The van der Waals surface area contributed by atoms with Gasteiger partial charge in [-0.2, -0.15) is 5.10 Å². The van der Waals surface area contributed by atoms with Crippen LogP contribution < -0.4 is 4.74 Å². The van der Waals surface area contributed by atoms with Crippen LogP contribution in [0.3, 0.4) is 0 Å². The summed E-state index contributed by atoms with van der Waals surface area (Å²) in [5.74, 6) is 2.03. The summed E-state index contributed by atoms with van der Waals surface area (Å²) in [7, 11) is 0. The molecule has 1 aliphatic carbocycles. The lowest BCUT2D eigenvalue weighted by atomic mass is 9.81. The molecule has 0 N–H and O–H groups in total. The van der Waals surface area contributed by atoms with E-state index in [1.807, 2.05) is 30.3 Å². The predicted molar refractivity (Wildman–Crippen MR) is 83.0 cm³/mol. The Balaban J connectivity index is 1.39. The molecule has 6 heteroatoms. The Kier molecular flexibility index (Phi) is 3.80. The minimum absolute atomic E-state index is 0.357. The monoisotopic (exact) mass is 310 g/mol. The van der Waals surface area contributed by atoms with Crippen molar-refractivity contribution in [2.45, 2.75) is 38.3 Å². The summed E-state index contributed by atoms with van der Waals surface area (Å²) in [6, 6.07) is 9.67. The van der Waals surface area contributed by atoms with Gasteiger partial charge in [-0.15, -0.1) is 0 Å². The van der Waals surface area contributed by atoms with Gasteiger partial charge in [-0.1, -0.05) is 29.8 Å². The van der Waals surface area contributed by atoms with E-state index >= 15 is 0 Å². The fourth-order valence-corrected chi connectivity index (χ4v) is 2.72. The molecule has 0 amide bonds. The maximum absolute atomic E-state index is 5.66. The van der Waals surface area contributed by atoms with Crippen molar-refractivity contribution in [2.75, 3.05) is 0 Å². The van der Waals surface area contributed by atoms with Gasteiger partial charge in [-0.3, -0.25) is 0 Å². The molecule has 1 aliphatic rings. The number of benzene rings is 1. The van der Waals surface area contributed by atoms with Crippen molar-refractivity contribution < 1.29 is 9.26 Å². The Labute approximate surface area is 134 Å². The second-order valence-electron chi connectivity index (χ2n) is 5.81.